The van der Waals surface area contributed by atoms with Gasteiger partial charge in [0.2, 0.25) is 6.79 Å². The number of hydrogen-bond acceptors (Lipinski definition) is 7. The lowest BCUT2D eigenvalue weighted by atomic mass is 9.95. The molecule has 1 aromatic carbocycles. The fourth-order valence-electron chi connectivity index (χ4n) is 3.06. The predicted molar refractivity (Wildman–Crippen MR) is 96.0 cm³/mol. The van der Waals surface area contributed by atoms with Crippen LogP contribution in [0.5, 0.6) is 11.5 Å². The van der Waals surface area contributed by atoms with E-state index in [0.29, 0.717) is 23.5 Å². The topological polar surface area (TPSA) is 111 Å². The zero-order valence-corrected chi connectivity index (χ0v) is 15.8. The number of ketones is 1. The zero-order valence-electron chi connectivity index (χ0n) is 15.8. The summed E-state index contributed by atoms with van der Waals surface area (Å²) >= 11 is 0. The normalized spacial score (nSPS) is 20.3. The highest BCUT2D eigenvalue weighted by Crippen LogP contribution is 2.32. The molecule has 1 N–H and O–H groups in total. The molecule has 2 heterocycles. The summed E-state index contributed by atoms with van der Waals surface area (Å²) in [6.45, 7) is 2.66. The van der Waals surface area contributed by atoms with Crippen molar-refractivity contribution in [1.29, 1.82) is 0 Å². The number of Topliss-reactive ketones (excluding diaryl/α,β-unsaturated/α-hetero) is 1. The van der Waals surface area contributed by atoms with Gasteiger partial charge in [-0.2, -0.15) is 0 Å². The number of nitrogens with zero attached hydrogens (tertiary/aromatic N) is 1. The lowest BCUT2D eigenvalue weighted by Gasteiger charge is -2.21. The minimum Gasteiger partial charge on any atom is -0.456 e. The summed E-state index contributed by atoms with van der Waals surface area (Å²) in [5, 5.41) is 2.62. The Bertz CT molecular complexity index is 823. The van der Waals surface area contributed by atoms with Gasteiger partial charge in [0.15, 0.2) is 23.9 Å². The molecule has 9 nitrogen and oxygen atoms in total. The third-order valence-corrected chi connectivity index (χ3v) is 4.72. The highest BCUT2D eigenvalue weighted by Gasteiger charge is 2.47. The monoisotopic (exact) mass is 390 g/mol. The number of hydrogen-bond donors (Lipinski definition) is 1. The largest absolute Gasteiger partial charge is 0.456 e. The highest BCUT2D eigenvalue weighted by atomic mass is 16.7. The van der Waals surface area contributed by atoms with Crippen molar-refractivity contribution in [3.05, 3.63) is 23.8 Å². The maximum Gasteiger partial charge on any atom is 0.326 e. The lowest BCUT2D eigenvalue weighted by molar-refractivity contribution is -0.146. The van der Waals surface area contributed by atoms with Gasteiger partial charge in [0.1, 0.15) is 12.1 Å². The Morgan fingerprint density at radius 3 is 2.75 bits per heavy atom. The number of unbranched alkanes of at least 4 members (excludes halogenated alkanes) is 1. The smallest absolute Gasteiger partial charge is 0.326 e. The molecule has 28 heavy (non-hydrogen) atoms. The number of fused-ring (bicyclic) bond motifs is 1. The van der Waals surface area contributed by atoms with Gasteiger partial charge in [-0.1, -0.05) is 19.8 Å². The van der Waals surface area contributed by atoms with E-state index in [4.69, 9.17) is 14.2 Å². The van der Waals surface area contributed by atoms with Gasteiger partial charge in [0.05, 0.1) is 0 Å². The summed E-state index contributed by atoms with van der Waals surface area (Å²) in [6, 6.07) is 4.01. The van der Waals surface area contributed by atoms with Crippen molar-refractivity contribution in [2.24, 2.45) is 0 Å². The van der Waals surface area contributed by atoms with Gasteiger partial charge >= 0.3 is 12.0 Å². The summed E-state index contributed by atoms with van der Waals surface area (Å²) in [5.41, 5.74) is -0.713. The summed E-state index contributed by atoms with van der Waals surface area (Å²) < 4.78 is 15.3. The molecule has 0 radical (unpaired) electrons. The first-order valence-electron chi connectivity index (χ1n) is 9.06. The molecule has 0 saturated carbocycles. The molecule has 1 fully saturated rings. The fraction of sp³-hybridized carbons (Fsp3) is 0.474. The van der Waals surface area contributed by atoms with Crippen molar-refractivity contribution >= 4 is 23.7 Å². The number of imide groups is 1. The minimum absolute atomic E-state index is 0.0884. The SMILES string of the molecule is CCCC[C@]1(C)NC(=O)N(CC(=O)OCC(=O)c2ccc3c(c2)OCO3)C1=O. The van der Waals surface area contributed by atoms with Crippen molar-refractivity contribution < 1.29 is 33.4 Å². The van der Waals surface area contributed by atoms with Crippen LogP contribution in [0, 0.1) is 0 Å². The summed E-state index contributed by atoms with van der Waals surface area (Å²) in [4.78, 5) is 49.6. The number of urea groups is 1. The van der Waals surface area contributed by atoms with Crippen LogP contribution in [0.15, 0.2) is 18.2 Å². The molecule has 150 valence electrons. The molecule has 1 aromatic rings. The second-order valence-electron chi connectivity index (χ2n) is 6.91. The molecule has 2 aliphatic heterocycles. The number of ether oxygens (including phenoxy) is 3. The van der Waals surface area contributed by atoms with E-state index in [9.17, 15) is 19.2 Å². The van der Waals surface area contributed by atoms with Crippen LogP contribution in [0.25, 0.3) is 0 Å². The quantitative estimate of drug-likeness (QED) is 0.408. The third kappa shape index (κ3) is 3.92. The Morgan fingerprint density at radius 2 is 2.00 bits per heavy atom. The van der Waals surface area contributed by atoms with E-state index in [2.05, 4.69) is 5.32 Å². The molecular weight excluding hydrogens is 368 g/mol. The van der Waals surface area contributed by atoms with Crippen molar-refractivity contribution in [3.8, 4) is 11.5 Å². The van der Waals surface area contributed by atoms with Crippen molar-refractivity contribution in [3.63, 3.8) is 0 Å². The van der Waals surface area contributed by atoms with E-state index in [-0.39, 0.29) is 6.79 Å². The molecule has 0 aromatic heterocycles. The third-order valence-electron chi connectivity index (χ3n) is 4.72. The Morgan fingerprint density at radius 1 is 1.25 bits per heavy atom. The molecule has 2 aliphatic rings. The van der Waals surface area contributed by atoms with Crippen molar-refractivity contribution in [2.45, 2.75) is 38.6 Å². The average molecular weight is 390 g/mol. The predicted octanol–water partition coefficient (Wildman–Crippen LogP) is 1.64. The molecule has 0 bridgehead atoms. The number of rotatable bonds is 8. The van der Waals surface area contributed by atoms with E-state index in [1.54, 1.807) is 19.1 Å². The van der Waals surface area contributed by atoms with Gasteiger partial charge in [0, 0.05) is 5.56 Å². The number of nitrogens with one attached hydrogen (secondary N) is 1. The minimum atomic E-state index is -1.02. The van der Waals surface area contributed by atoms with Crippen LogP contribution in [0.1, 0.15) is 43.5 Å². The molecule has 9 heteroatoms. The molecule has 0 spiro atoms. The molecule has 3 rings (SSSR count). The van der Waals surface area contributed by atoms with E-state index >= 15 is 0 Å². The van der Waals surface area contributed by atoms with Gasteiger partial charge in [-0.15, -0.1) is 0 Å². The molecule has 0 unspecified atom stereocenters. The number of carbonyl (C=O) groups excluding carboxylic acids is 4. The first-order chi connectivity index (χ1) is 13.3. The fourth-order valence-corrected chi connectivity index (χ4v) is 3.06. The number of carbonyl (C=O) groups is 4. The summed E-state index contributed by atoms with van der Waals surface area (Å²) in [7, 11) is 0. The van der Waals surface area contributed by atoms with Gasteiger partial charge in [-0.25, -0.2) is 4.79 Å². The Kier molecular flexibility index (Phi) is 5.53. The average Bonchev–Trinajstić information content (AvgIpc) is 3.22. The Hall–Kier alpha value is -3.10. The lowest BCUT2D eigenvalue weighted by Crippen LogP contribution is -2.44. The second kappa shape index (κ2) is 7.87. The zero-order chi connectivity index (χ0) is 20.3. The highest BCUT2D eigenvalue weighted by molar-refractivity contribution is 6.08. The van der Waals surface area contributed by atoms with E-state index in [1.807, 2.05) is 6.92 Å². The van der Waals surface area contributed by atoms with Crippen LogP contribution < -0.4 is 14.8 Å². The molecule has 3 amide bonds. The first-order valence-corrected chi connectivity index (χ1v) is 9.06. The van der Waals surface area contributed by atoms with E-state index in [0.717, 1.165) is 17.7 Å². The summed E-state index contributed by atoms with van der Waals surface area (Å²) in [5.74, 6) is -0.750. The van der Waals surface area contributed by atoms with Crippen LogP contribution in [0.3, 0.4) is 0 Å². The van der Waals surface area contributed by atoms with Gasteiger partial charge in [-0.3, -0.25) is 19.3 Å². The van der Waals surface area contributed by atoms with Crippen LogP contribution >= 0.6 is 0 Å². The number of esters is 1. The molecule has 1 saturated heterocycles. The number of amides is 3. The van der Waals surface area contributed by atoms with Crippen molar-refractivity contribution in [2.75, 3.05) is 19.9 Å². The van der Waals surface area contributed by atoms with Gasteiger partial charge < -0.3 is 19.5 Å². The standard InChI is InChI=1S/C19H22N2O7/c1-3-4-7-19(2)17(24)21(18(25)20-19)9-16(23)26-10-13(22)12-5-6-14-15(8-12)28-11-27-14/h5-6,8H,3-4,7,9-11H2,1-2H3,(H,20,25)/t19-/m0/s1. The van der Waals surface area contributed by atoms with E-state index in [1.165, 1.54) is 6.07 Å². The summed E-state index contributed by atoms with van der Waals surface area (Å²) in [6.07, 6.45) is 2.13. The van der Waals surface area contributed by atoms with E-state index < -0.39 is 42.4 Å². The second-order valence-corrected chi connectivity index (χ2v) is 6.91. The van der Waals surface area contributed by atoms with Crippen LogP contribution in [0.4, 0.5) is 4.79 Å². The molecule has 0 aliphatic carbocycles. The van der Waals surface area contributed by atoms with Gasteiger partial charge in [-0.05, 0) is 31.5 Å². The maximum absolute atomic E-state index is 12.5. The van der Waals surface area contributed by atoms with Crippen molar-refractivity contribution in [1.82, 2.24) is 10.2 Å². The molecular formula is C19H22N2O7. The van der Waals surface area contributed by atoms with Crippen LogP contribution in [0.2, 0.25) is 0 Å². The maximum atomic E-state index is 12.5. The first kappa shape index (κ1) is 19.7. The van der Waals surface area contributed by atoms with Crippen LogP contribution in [-0.4, -0.2) is 54.1 Å². The van der Waals surface area contributed by atoms with Gasteiger partial charge in [0.25, 0.3) is 5.91 Å². The Balaban J connectivity index is 1.53. The number of benzene rings is 1. The Labute approximate surface area is 161 Å². The van der Waals surface area contributed by atoms with Crippen LogP contribution in [-0.2, 0) is 14.3 Å². The molecule has 1 atom stereocenters.